The Labute approximate surface area is 202 Å². The van der Waals surface area contributed by atoms with E-state index in [1.807, 2.05) is 0 Å². The Balaban J connectivity index is 1.24. The third-order valence-corrected chi connectivity index (χ3v) is 6.37. The molecule has 9 heteroatoms. The van der Waals surface area contributed by atoms with Crippen molar-refractivity contribution in [1.29, 1.82) is 5.41 Å². The number of hydrogen-bond acceptors (Lipinski definition) is 6. The van der Waals surface area contributed by atoms with Crippen molar-refractivity contribution in [3.63, 3.8) is 0 Å². The quantitative estimate of drug-likeness (QED) is 0.377. The predicted molar refractivity (Wildman–Crippen MR) is 130 cm³/mol. The van der Waals surface area contributed by atoms with Crippen LogP contribution in [0.1, 0.15) is 36.0 Å². The lowest BCUT2D eigenvalue weighted by molar-refractivity contribution is -0.182. The Kier molecular flexibility index (Phi) is 6.70. The van der Waals surface area contributed by atoms with Gasteiger partial charge in [0.05, 0.1) is 24.1 Å². The standard InChI is InChI=1S/C26H27F2N5O2/c27-22-7-16(13-33-14-20-8-21(15-33)35-20)1-5-24(22)32-25(34)6-2-17-10-30-12-23(28)26(17)18(9-29)11-31-19-3-4-19/h1-2,5-7,9-12,19-21,29,31H,3-4,8,13-15H2,(H,32,34)/b6-2+,18-11+,29-9?. The number of benzene rings is 1. The minimum absolute atomic E-state index is 0.0690. The maximum Gasteiger partial charge on any atom is 0.248 e. The average Bonchev–Trinajstić information content (AvgIpc) is 3.65. The number of ether oxygens (including phenoxy) is 1. The van der Waals surface area contributed by atoms with E-state index in [9.17, 15) is 13.6 Å². The van der Waals surface area contributed by atoms with Crippen LogP contribution < -0.4 is 10.6 Å². The fourth-order valence-corrected chi connectivity index (χ4v) is 4.45. The Bertz CT molecular complexity index is 1180. The van der Waals surface area contributed by atoms with Gasteiger partial charge in [-0.2, -0.15) is 0 Å². The number of fused-ring (bicyclic) bond motifs is 2. The fraction of sp³-hybridized carbons (Fsp3) is 0.346. The number of nitrogens with zero attached hydrogens (tertiary/aromatic N) is 2. The number of allylic oxidation sites excluding steroid dienone is 1. The first kappa shape index (κ1) is 23.3. The predicted octanol–water partition coefficient (Wildman–Crippen LogP) is 3.73. The number of pyridine rings is 1. The van der Waals surface area contributed by atoms with Gasteiger partial charge in [0, 0.05) is 73.5 Å². The monoisotopic (exact) mass is 479 g/mol. The molecule has 2 bridgehead atoms. The summed E-state index contributed by atoms with van der Waals surface area (Å²) in [6, 6.07) is 5.13. The van der Waals surface area contributed by atoms with Gasteiger partial charge >= 0.3 is 0 Å². The van der Waals surface area contributed by atoms with Gasteiger partial charge in [-0.15, -0.1) is 0 Å². The molecule has 3 aliphatic heterocycles. The van der Waals surface area contributed by atoms with Crippen LogP contribution in [0.15, 0.2) is 42.9 Å². The van der Waals surface area contributed by atoms with Crippen LogP contribution in [0.3, 0.4) is 0 Å². The lowest BCUT2D eigenvalue weighted by atomic mass is 9.98. The highest BCUT2D eigenvalue weighted by Crippen LogP contribution is 2.29. The van der Waals surface area contributed by atoms with E-state index >= 15 is 0 Å². The van der Waals surface area contributed by atoms with Gasteiger partial charge in [0.15, 0.2) is 0 Å². The minimum atomic E-state index is -0.598. The van der Waals surface area contributed by atoms with Crippen molar-refractivity contribution < 1.29 is 18.3 Å². The first-order valence-electron chi connectivity index (χ1n) is 11.7. The molecule has 4 heterocycles. The van der Waals surface area contributed by atoms with Gasteiger partial charge in [0.25, 0.3) is 0 Å². The van der Waals surface area contributed by atoms with Gasteiger partial charge in [-0.3, -0.25) is 14.7 Å². The van der Waals surface area contributed by atoms with E-state index in [4.69, 9.17) is 10.1 Å². The molecule has 35 heavy (non-hydrogen) atoms. The van der Waals surface area contributed by atoms with E-state index in [1.54, 1.807) is 18.3 Å². The normalized spacial score (nSPS) is 22.1. The number of hydrogen-bond donors (Lipinski definition) is 3. The third kappa shape index (κ3) is 5.63. The molecule has 1 amide bonds. The van der Waals surface area contributed by atoms with Crippen molar-refractivity contribution in [1.82, 2.24) is 15.2 Å². The zero-order valence-electron chi connectivity index (χ0n) is 19.1. The molecule has 1 aromatic heterocycles. The molecule has 7 nitrogen and oxygen atoms in total. The zero-order valence-corrected chi connectivity index (χ0v) is 19.1. The van der Waals surface area contributed by atoms with Crippen LogP contribution in [0.5, 0.6) is 0 Å². The smallest absolute Gasteiger partial charge is 0.248 e. The highest BCUT2D eigenvalue weighted by Gasteiger charge is 2.38. The Morgan fingerprint density at radius 2 is 1.97 bits per heavy atom. The van der Waals surface area contributed by atoms with Crippen molar-refractivity contribution in [2.75, 3.05) is 18.4 Å². The Morgan fingerprint density at radius 3 is 2.66 bits per heavy atom. The molecule has 0 radical (unpaired) electrons. The van der Waals surface area contributed by atoms with Crippen LogP contribution in [0, 0.1) is 17.0 Å². The Hall–Kier alpha value is -3.43. The van der Waals surface area contributed by atoms with Crippen LogP contribution in [0.2, 0.25) is 0 Å². The number of amides is 1. The lowest BCUT2D eigenvalue weighted by Crippen LogP contribution is -2.56. The van der Waals surface area contributed by atoms with Crippen LogP contribution in [-0.4, -0.2) is 53.3 Å². The third-order valence-electron chi connectivity index (χ3n) is 6.37. The highest BCUT2D eigenvalue weighted by atomic mass is 19.1. The minimum Gasteiger partial charge on any atom is -0.388 e. The molecule has 4 fully saturated rings. The van der Waals surface area contributed by atoms with E-state index in [1.165, 1.54) is 24.4 Å². The molecular formula is C26H27F2N5O2. The van der Waals surface area contributed by atoms with E-state index in [-0.39, 0.29) is 23.5 Å². The largest absolute Gasteiger partial charge is 0.388 e. The summed E-state index contributed by atoms with van der Waals surface area (Å²) >= 11 is 0. The average molecular weight is 480 g/mol. The van der Waals surface area contributed by atoms with Crippen LogP contribution in [0.4, 0.5) is 14.5 Å². The van der Waals surface area contributed by atoms with Gasteiger partial charge in [-0.05, 0) is 36.6 Å². The number of carbonyl (C=O) groups is 1. The molecule has 3 saturated heterocycles. The van der Waals surface area contributed by atoms with Crippen LogP contribution in [0.25, 0.3) is 11.6 Å². The number of carbonyl (C=O) groups excluding carboxylic acids is 1. The number of anilines is 1. The first-order chi connectivity index (χ1) is 17.0. The van der Waals surface area contributed by atoms with Gasteiger partial charge in [0.2, 0.25) is 5.91 Å². The fourth-order valence-electron chi connectivity index (χ4n) is 4.45. The van der Waals surface area contributed by atoms with E-state index in [0.717, 1.165) is 50.3 Å². The van der Waals surface area contributed by atoms with Crippen LogP contribution in [-0.2, 0) is 16.1 Å². The van der Waals surface area contributed by atoms with Gasteiger partial charge in [-0.25, -0.2) is 8.78 Å². The molecule has 6 rings (SSSR count). The summed E-state index contributed by atoms with van der Waals surface area (Å²) in [7, 11) is 0. The second-order valence-electron chi connectivity index (χ2n) is 9.22. The molecule has 1 aromatic carbocycles. The maximum absolute atomic E-state index is 14.7. The van der Waals surface area contributed by atoms with Crippen molar-refractivity contribution in [3.8, 4) is 0 Å². The molecule has 4 aliphatic rings. The summed E-state index contributed by atoms with van der Waals surface area (Å²) in [5, 5.41) is 13.4. The SMILES string of the molecule is N=C/C(=C\NC1CC1)c1c(F)cncc1/C=C/C(=O)Nc1ccc(CN2CC3CC(C2)O3)cc1F. The van der Waals surface area contributed by atoms with Gasteiger partial charge in [-0.1, -0.05) is 6.07 Å². The molecular weight excluding hydrogens is 452 g/mol. The number of morpholine rings is 1. The second kappa shape index (κ2) is 10.1. The second-order valence-corrected chi connectivity index (χ2v) is 9.22. The number of aromatic nitrogens is 1. The van der Waals surface area contributed by atoms with E-state index < -0.39 is 17.5 Å². The zero-order chi connectivity index (χ0) is 24.4. The Morgan fingerprint density at radius 1 is 1.20 bits per heavy atom. The molecule has 2 unspecified atom stereocenters. The number of halogens is 2. The summed E-state index contributed by atoms with van der Waals surface area (Å²) in [6.45, 7) is 2.34. The molecule has 3 N–H and O–H groups in total. The lowest BCUT2D eigenvalue weighted by Gasteiger charge is -2.47. The molecule has 2 atom stereocenters. The molecule has 2 aromatic rings. The molecule has 182 valence electrons. The number of piperidine rings is 1. The summed E-state index contributed by atoms with van der Waals surface area (Å²) in [5.74, 6) is -1.67. The van der Waals surface area contributed by atoms with Crippen LogP contribution >= 0.6 is 0 Å². The van der Waals surface area contributed by atoms with Crippen molar-refractivity contribution in [3.05, 3.63) is 71.2 Å². The van der Waals surface area contributed by atoms with Gasteiger partial charge in [0.1, 0.15) is 11.6 Å². The molecule has 1 aliphatic carbocycles. The first-order valence-corrected chi connectivity index (χ1v) is 11.7. The maximum atomic E-state index is 14.7. The summed E-state index contributed by atoms with van der Waals surface area (Å²) in [6.07, 6.45) is 11.5. The van der Waals surface area contributed by atoms with Crippen molar-refractivity contribution in [2.24, 2.45) is 0 Å². The molecule has 0 spiro atoms. The summed E-state index contributed by atoms with van der Waals surface area (Å²) < 4.78 is 34.8. The highest BCUT2D eigenvalue weighted by molar-refractivity contribution is 6.10. The number of rotatable bonds is 9. The summed E-state index contributed by atoms with van der Waals surface area (Å²) in [4.78, 5) is 18.6. The topological polar surface area (TPSA) is 90.3 Å². The van der Waals surface area contributed by atoms with Crippen molar-refractivity contribution in [2.45, 2.75) is 44.1 Å². The number of nitrogens with one attached hydrogen (secondary N) is 3. The van der Waals surface area contributed by atoms with E-state index in [0.29, 0.717) is 23.7 Å². The van der Waals surface area contributed by atoms with E-state index in [2.05, 4.69) is 20.5 Å². The summed E-state index contributed by atoms with van der Waals surface area (Å²) in [5.41, 5.74) is 1.75. The van der Waals surface area contributed by atoms with Crippen molar-refractivity contribution >= 4 is 29.5 Å². The molecule has 1 saturated carbocycles. The van der Waals surface area contributed by atoms with Gasteiger partial charge < -0.3 is 20.8 Å².